The van der Waals surface area contributed by atoms with Crippen molar-refractivity contribution in [1.29, 1.82) is 0 Å². The van der Waals surface area contributed by atoms with Gasteiger partial charge in [0.2, 0.25) is 0 Å². The highest BCUT2D eigenvalue weighted by molar-refractivity contribution is 7.80. The Balaban J connectivity index is 1.42. The lowest BCUT2D eigenvalue weighted by molar-refractivity contribution is 0.0365. The lowest BCUT2D eigenvalue weighted by Gasteiger charge is -2.31. The molecule has 4 heterocycles. The Labute approximate surface area is 209 Å². The van der Waals surface area contributed by atoms with Gasteiger partial charge >= 0.3 is 0 Å². The smallest absolute Gasteiger partial charge is 0.170 e. The van der Waals surface area contributed by atoms with Gasteiger partial charge in [-0.25, -0.2) is 0 Å². The molecule has 34 heavy (non-hydrogen) atoms. The molecular formula is C27H39N5OS. The largest absolute Gasteiger partial charge is 0.379 e. The third kappa shape index (κ3) is 4.88. The molecule has 0 aromatic carbocycles. The predicted molar refractivity (Wildman–Crippen MR) is 140 cm³/mol. The van der Waals surface area contributed by atoms with Crippen LogP contribution in [0, 0.1) is 13.8 Å². The van der Waals surface area contributed by atoms with Gasteiger partial charge in [-0.15, -0.1) is 0 Å². The minimum atomic E-state index is 0.0670. The Morgan fingerprint density at radius 3 is 2.62 bits per heavy atom. The SMILES string of the molecule is Cc1cc(C2C(c3ccccn3)NC(=S)N2CCCN2CCOCC2)c(C)n1C1CCCCC1. The van der Waals surface area contributed by atoms with Crippen LogP contribution in [0.2, 0.25) is 0 Å². The van der Waals surface area contributed by atoms with Gasteiger partial charge in [0.25, 0.3) is 0 Å². The van der Waals surface area contributed by atoms with E-state index < -0.39 is 0 Å². The molecule has 0 bridgehead atoms. The zero-order chi connectivity index (χ0) is 23.5. The van der Waals surface area contributed by atoms with Crippen LogP contribution in [0.4, 0.5) is 0 Å². The molecule has 2 aromatic rings. The Bertz CT molecular complexity index is 965. The molecule has 1 N–H and O–H groups in total. The van der Waals surface area contributed by atoms with Gasteiger partial charge in [-0.05, 0) is 69.1 Å². The molecule has 1 saturated carbocycles. The maximum absolute atomic E-state index is 5.92. The molecular weight excluding hydrogens is 442 g/mol. The van der Waals surface area contributed by atoms with Gasteiger partial charge in [0.05, 0.1) is 31.0 Å². The van der Waals surface area contributed by atoms with Crippen molar-refractivity contribution in [2.75, 3.05) is 39.4 Å². The van der Waals surface area contributed by atoms with Crippen molar-refractivity contribution in [3.63, 3.8) is 0 Å². The van der Waals surface area contributed by atoms with Gasteiger partial charge in [-0.2, -0.15) is 0 Å². The average Bonchev–Trinajstić information content (AvgIpc) is 3.35. The number of aromatic nitrogens is 2. The molecule has 3 aliphatic rings. The van der Waals surface area contributed by atoms with Gasteiger partial charge < -0.3 is 19.5 Å². The van der Waals surface area contributed by atoms with Crippen LogP contribution in [0.3, 0.4) is 0 Å². The second kappa shape index (κ2) is 10.8. The summed E-state index contributed by atoms with van der Waals surface area (Å²) < 4.78 is 8.14. The zero-order valence-corrected chi connectivity index (χ0v) is 21.5. The standard InChI is InChI=1S/C27H39N5OS/c1-20-19-23(21(2)32(20)22-9-4-3-5-10-22)26-25(24-11-6-7-12-28-24)29-27(34)31(26)14-8-13-30-15-17-33-18-16-30/h6-7,11-12,19,22,25-26H,3-5,8-10,13-18H2,1-2H3,(H,29,34). The zero-order valence-electron chi connectivity index (χ0n) is 20.7. The number of aryl methyl sites for hydroxylation is 1. The first-order chi connectivity index (χ1) is 16.6. The van der Waals surface area contributed by atoms with Crippen molar-refractivity contribution >= 4 is 17.3 Å². The molecule has 2 aromatic heterocycles. The van der Waals surface area contributed by atoms with Crippen LogP contribution in [-0.4, -0.2) is 63.9 Å². The highest BCUT2D eigenvalue weighted by Gasteiger charge is 2.41. The first-order valence-corrected chi connectivity index (χ1v) is 13.5. The van der Waals surface area contributed by atoms with Crippen molar-refractivity contribution in [2.24, 2.45) is 0 Å². The van der Waals surface area contributed by atoms with Crippen molar-refractivity contribution in [2.45, 2.75) is 70.5 Å². The molecule has 7 heteroatoms. The van der Waals surface area contributed by atoms with Crippen LogP contribution in [0.5, 0.6) is 0 Å². The van der Waals surface area contributed by atoms with E-state index in [9.17, 15) is 0 Å². The predicted octanol–water partition coefficient (Wildman–Crippen LogP) is 4.70. The highest BCUT2D eigenvalue weighted by Crippen LogP contribution is 2.42. The van der Waals surface area contributed by atoms with E-state index in [0.29, 0.717) is 6.04 Å². The molecule has 0 spiro atoms. The number of morpholine rings is 1. The van der Waals surface area contributed by atoms with Crippen LogP contribution in [-0.2, 0) is 4.74 Å². The van der Waals surface area contributed by atoms with Crippen LogP contribution in [0.15, 0.2) is 30.5 Å². The number of rotatable bonds is 7. The molecule has 3 fully saturated rings. The average molecular weight is 482 g/mol. The number of nitrogens with zero attached hydrogens (tertiary/aromatic N) is 4. The molecule has 2 aliphatic heterocycles. The van der Waals surface area contributed by atoms with E-state index in [1.807, 2.05) is 12.3 Å². The van der Waals surface area contributed by atoms with E-state index in [-0.39, 0.29) is 12.1 Å². The fraction of sp³-hybridized carbons (Fsp3) is 0.630. The first-order valence-electron chi connectivity index (χ1n) is 13.1. The third-order valence-corrected chi connectivity index (χ3v) is 8.31. The van der Waals surface area contributed by atoms with Crippen LogP contribution in [0.25, 0.3) is 0 Å². The Hall–Kier alpha value is -1.96. The van der Waals surface area contributed by atoms with Gasteiger partial charge in [0.15, 0.2) is 5.11 Å². The fourth-order valence-corrected chi connectivity index (χ4v) is 6.61. The van der Waals surface area contributed by atoms with Crippen molar-refractivity contribution in [1.82, 2.24) is 24.7 Å². The van der Waals surface area contributed by atoms with Gasteiger partial charge in [-0.3, -0.25) is 9.88 Å². The third-order valence-electron chi connectivity index (χ3n) is 7.96. The summed E-state index contributed by atoms with van der Waals surface area (Å²) >= 11 is 5.92. The van der Waals surface area contributed by atoms with E-state index in [1.165, 1.54) is 49.1 Å². The number of nitrogens with one attached hydrogen (secondary N) is 1. The second-order valence-electron chi connectivity index (χ2n) is 10.1. The minimum Gasteiger partial charge on any atom is -0.379 e. The summed E-state index contributed by atoms with van der Waals surface area (Å²) in [6.07, 6.45) is 9.64. The summed E-state index contributed by atoms with van der Waals surface area (Å²) in [5.41, 5.74) is 5.25. The minimum absolute atomic E-state index is 0.0670. The maximum atomic E-state index is 5.92. The Morgan fingerprint density at radius 2 is 1.88 bits per heavy atom. The number of pyridine rings is 1. The lowest BCUT2D eigenvalue weighted by atomic mass is 9.94. The molecule has 0 amide bonds. The normalized spacial score (nSPS) is 24.5. The van der Waals surface area contributed by atoms with Crippen molar-refractivity contribution < 1.29 is 4.74 Å². The molecule has 0 radical (unpaired) electrons. The molecule has 184 valence electrons. The molecule has 2 atom stereocenters. The molecule has 1 aliphatic carbocycles. The molecule has 5 rings (SSSR count). The summed E-state index contributed by atoms with van der Waals surface area (Å²) in [4.78, 5) is 9.67. The van der Waals surface area contributed by atoms with E-state index in [0.717, 1.165) is 56.6 Å². The maximum Gasteiger partial charge on any atom is 0.170 e. The van der Waals surface area contributed by atoms with Crippen LogP contribution in [0.1, 0.15) is 79.3 Å². The monoisotopic (exact) mass is 481 g/mol. The highest BCUT2D eigenvalue weighted by atomic mass is 32.1. The van der Waals surface area contributed by atoms with Crippen LogP contribution >= 0.6 is 12.2 Å². The lowest BCUT2D eigenvalue weighted by Crippen LogP contribution is -2.39. The number of hydrogen-bond donors (Lipinski definition) is 1. The fourth-order valence-electron chi connectivity index (χ4n) is 6.28. The summed E-state index contributed by atoms with van der Waals surface area (Å²) in [6, 6.07) is 9.48. The van der Waals surface area contributed by atoms with Gasteiger partial charge in [-0.1, -0.05) is 25.3 Å². The van der Waals surface area contributed by atoms with Crippen molar-refractivity contribution in [3.8, 4) is 0 Å². The summed E-state index contributed by atoms with van der Waals surface area (Å²) in [5, 5.41) is 4.50. The van der Waals surface area contributed by atoms with Gasteiger partial charge in [0.1, 0.15) is 0 Å². The van der Waals surface area contributed by atoms with Gasteiger partial charge in [0, 0.05) is 49.8 Å². The molecule has 2 saturated heterocycles. The summed E-state index contributed by atoms with van der Waals surface area (Å²) in [6.45, 7) is 10.4. The van der Waals surface area contributed by atoms with E-state index >= 15 is 0 Å². The number of ether oxygens (including phenoxy) is 1. The second-order valence-corrected chi connectivity index (χ2v) is 10.5. The Morgan fingerprint density at radius 1 is 1.09 bits per heavy atom. The first kappa shape index (κ1) is 23.8. The summed E-state index contributed by atoms with van der Waals surface area (Å²) in [7, 11) is 0. The van der Waals surface area contributed by atoms with E-state index in [2.05, 4.69) is 51.7 Å². The quantitative estimate of drug-likeness (QED) is 0.579. The van der Waals surface area contributed by atoms with E-state index in [4.69, 9.17) is 21.9 Å². The molecule has 6 nitrogen and oxygen atoms in total. The van der Waals surface area contributed by atoms with Crippen LogP contribution < -0.4 is 5.32 Å². The Kier molecular flexibility index (Phi) is 7.52. The topological polar surface area (TPSA) is 45.6 Å². The number of thiocarbonyl (C=S) groups is 1. The summed E-state index contributed by atoms with van der Waals surface area (Å²) in [5.74, 6) is 0. The number of hydrogen-bond acceptors (Lipinski definition) is 4. The van der Waals surface area contributed by atoms with E-state index in [1.54, 1.807) is 0 Å². The van der Waals surface area contributed by atoms with Crippen molar-refractivity contribution in [3.05, 3.63) is 53.1 Å². The molecule has 2 unspecified atom stereocenters.